The lowest BCUT2D eigenvalue weighted by Crippen LogP contribution is -2.17. The summed E-state index contributed by atoms with van der Waals surface area (Å²) < 4.78 is 1.79. The summed E-state index contributed by atoms with van der Waals surface area (Å²) in [6, 6.07) is 0. The highest BCUT2D eigenvalue weighted by Crippen LogP contribution is 2.10. The quantitative estimate of drug-likeness (QED) is 0.736. The number of carboxylic acids is 1. The van der Waals surface area contributed by atoms with E-state index in [0.717, 1.165) is 0 Å². The van der Waals surface area contributed by atoms with Crippen molar-refractivity contribution in [2.75, 3.05) is 19.0 Å². The van der Waals surface area contributed by atoms with Gasteiger partial charge in [0.25, 0.3) is 0 Å². The van der Waals surface area contributed by atoms with Crippen LogP contribution in [0.5, 0.6) is 0 Å². The first-order chi connectivity index (χ1) is 6.56. The Balaban J connectivity index is 3.01. The van der Waals surface area contributed by atoms with Gasteiger partial charge in [-0.15, -0.1) is 10.2 Å². The Labute approximate surface area is 82.2 Å². The average Bonchev–Trinajstić information content (AvgIpc) is 2.46. The Hall–Kier alpha value is -1.59. The van der Waals surface area contributed by atoms with Gasteiger partial charge in [-0.2, -0.15) is 0 Å². The summed E-state index contributed by atoms with van der Waals surface area (Å²) in [7, 11) is 3.70. The fourth-order valence-corrected chi connectivity index (χ4v) is 1.25. The molecular formula is C8H14N4O2. The van der Waals surface area contributed by atoms with E-state index < -0.39 is 5.97 Å². The number of carbonyl (C=O) groups is 1. The van der Waals surface area contributed by atoms with Crippen LogP contribution in [0.15, 0.2) is 0 Å². The molecule has 0 atom stereocenters. The van der Waals surface area contributed by atoms with Gasteiger partial charge in [0.2, 0.25) is 5.95 Å². The number of anilines is 1. The molecule has 0 bridgehead atoms. The molecule has 0 aliphatic carbocycles. The van der Waals surface area contributed by atoms with Crippen molar-refractivity contribution in [3.63, 3.8) is 0 Å². The molecule has 0 aliphatic heterocycles. The van der Waals surface area contributed by atoms with Crippen LogP contribution in [-0.2, 0) is 17.8 Å². The van der Waals surface area contributed by atoms with Gasteiger partial charge in [-0.05, 0) is 6.92 Å². The fourth-order valence-electron chi connectivity index (χ4n) is 1.25. The molecule has 78 valence electrons. The molecule has 0 spiro atoms. The van der Waals surface area contributed by atoms with Gasteiger partial charge in [0, 0.05) is 20.6 Å². The third-order valence-electron chi connectivity index (χ3n) is 1.83. The van der Waals surface area contributed by atoms with E-state index >= 15 is 0 Å². The number of hydrogen-bond acceptors (Lipinski definition) is 4. The molecule has 0 aromatic carbocycles. The van der Waals surface area contributed by atoms with Crippen molar-refractivity contribution in [1.29, 1.82) is 0 Å². The second-order valence-electron chi connectivity index (χ2n) is 3.13. The monoisotopic (exact) mass is 198 g/mol. The summed E-state index contributed by atoms with van der Waals surface area (Å²) in [4.78, 5) is 12.3. The smallest absolute Gasteiger partial charge is 0.311 e. The van der Waals surface area contributed by atoms with Crippen molar-refractivity contribution in [1.82, 2.24) is 14.8 Å². The Kier molecular flexibility index (Phi) is 3.06. The molecule has 0 unspecified atom stereocenters. The van der Waals surface area contributed by atoms with Crippen molar-refractivity contribution >= 4 is 11.9 Å². The Morgan fingerprint density at radius 1 is 1.50 bits per heavy atom. The van der Waals surface area contributed by atoms with E-state index in [1.54, 1.807) is 4.57 Å². The lowest BCUT2D eigenvalue weighted by Gasteiger charge is -2.12. The number of aromatic nitrogens is 3. The summed E-state index contributed by atoms with van der Waals surface area (Å²) >= 11 is 0. The summed E-state index contributed by atoms with van der Waals surface area (Å²) in [6.45, 7) is 2.60. The summed E-state index contributed by atoms with van der Waals surface area (Å²) in [5.74, 6) is 0.282. The Morgan fingerprint density at radius 3 is 2.57 bits per heavy atom. The van der Waals surface area contributed by atoms with E-state index in [1.165, 1.54) is 0 Å². The van der Waals surface area contributed by atoms with Crippen LogP contribution >= 0.6 is 0 Å². The van der Waals surface area contributed by atoms with Gasteiger partial charge in [-0.1, -0.05) is 0 Å². The number of rotatable bonds is 4. The molecule has 0 aliphatic rings. The largest absolute Gasteiger partial charge is 0.481 e. The maximum absolute atomic E-state index is 10.5. The first-order valence-corrected chi connectivity index (χ1v) is 4.37. The number of carboxylic acid groups (broad SMARTS) is 1. The summed E-state index contributed by atoms with van der Waals surface area (Å²) in [6.07, 6.45) is -0.0886. The van der Waals surface area contributed by atoms with Gasteiger partial charge >= 0.3 is 5.97 Å². The second-order valence-corrected chi connectivity index (χ2v) is 3.13. The number of aliphatic carboxylic acids is 1. The highest BCUT2D eigenvalue weighted by molar-refractivity contribution is 5.69. The lowest BCUT2D eigenvalue weighted by molar-refractivity contribution is -0.136. The molecule has 1 aromatic heterocycles. The standard InChI is InChI=1S/C8H14N4O2/c1-4-12-6(5-7(13)14)9-10-8(12)11(2)3/h4-5H2,1-3H3,(H,13,14). The minimum atomic E-state index is -0.891. The van der Waals surface area contributed by atoms with Crippen LogP contribution in [0.25, 0.3) is 0 Å². The van der Waals surface area contributed by atoms with Gasteiger partial charge in [0.05, 0.1) is 0 Å². The molecule has 0 amide bonds. The highest BCUT2D eigenvalue weighted by Gasteiger charge is 2.14. The van der Waals surface area contributed by atoms with Crippen molar-refractivity contribution in [3.05, 3.63) is 5.82 Å². The third-order valence-corrected chi connectivity index (χ3v) is 1.83. The molecule has 6 nitrogen and oxygen atoms in total. The predicted octanol–water partition coefficient (Wildman–Crippen LogP) is -0.00890. The Bertz CT molecular complexity index is 332. The molecule has 0 saturated heterocycles. The molecule has 6 heteroatoms. The molecule has 1 aromatic rings. The van der Waals surface area contributed by atoms with Crippen LogP contribution in [0.1, 0.15) is 12.7 Å². The number of hydrogen-bond donors (Lipinski definition) is 1. The van der Waals surface area contributed by atoms with Crippen molar-refractivity contribution in [2.24, 2.45) is 0 Å². The van der Waals surface area contributed by atoms with Gasteiger partial charge in [0.15, 0.2) is 0 Å². The zero-order valence-electron chi connectivity index (χ0n) is 8.56. The molecular weight excluding hydrogens is 184 g/mol. The fraction of sp³-hybridized carbons (Fsp3) is 0.625. The Morgan fingerprint density at radius 2 is 2.14 bits per heavy atom. The zero-order chi connectivity index (χ0) is 10.7. The maximum atomic E-state index is 10.5. The van der Waals surface area contributed by atoms with Crippen molar-refractivity contribution < 1.29 is 9.90 Å². The minimum Gasteiger partial charge on any atom is -0.481 e. The van der Waals surface area contributed by atoms with E-state index in [-0.39, 0.29) is 6.42 Å². The molecule has 1 heterocycles. The molecule has 14 heavy (non-hydrogen) atoms. The van der Waals surface area contributed by atoms with Crippen LogP contribution in [0.3, 0.4) is 0 Å². The van der Waals surface area contributed by atoms with E-state index in [1.807, 2.05) is 25.9 Å². The normalized spacial score (nSPS) is 10.2. The predicted molar refractivity (Wildman–Crippen MR) is 51.4 cm³/mol. The van der Waals surface area contributed by atoms with Gasteiger partial charge in [-0.3, -0.25) is 9.36 Å². The van der Waals surface area contributed by atoms with Gasteiger partial charge < -0.3 is 10.0 Å². The first-order valence-electron chi connectivity index (χ1n) is 4.37. The molecule has 0 saturated carbocycles. The third kappa shape index (κ3) is 2.01. The molecule has 1 rings (SSSR count). The molecule has 0 radical (unpaired) electrons. The topological polar surface area (TPSA) is 71.2 Å². The van der Waals surface area contributed by atoms with E-state index in [4.69, 9.17) is 5.11 Å². The number of nitrogens with zero attached hydrogens (tertiary/aromatic N) is 4. The summed E-state index contributed by atoms with van der Waals surface area (Å²) in [5, 5.41) is 16.4. The van der Waals surface area contributed by atoms with Gasteiger partial charge in [-0.25, -0.2) is 0 Å². The van der Waals surface area contributed by atoms with E-state index in [9.17, 15) is 4.79 Å². The highest BCUT2D eigenvalue weighted by atomic mass is 16.4. The van der Waals surface area contributed by atoms with Crippen molar-refractivity contribution in [2.45, 2.75) is 19.9 Å². The first kappa shape index (κ1) is 10.5. The van der Waals surface area contributed by atoms with Crippen LogP contribution < -0.4 is 4.90 Å². The van der Waals surface area contributed by atoms with Crippen LogP contribution in [0.2, 0.25) is 0 Å². The van der Waals surface area contributed by atoms with Crippen LogP contribution in [0, 0.1) is 0 Å². The average molecular weight is 198 g/mol. The summed E-state index contributed by atoms with van der Waals surface area (Å²) in [5.41, 5.74) is 0. The molecule has 0 fully saturated rings. The van der Waals surface area contributed by atoms with Crippen molar-refractivity contribution in [3.8, 4) is 0 Å². The lowest BCUT2D eigenvalue weighted by atomic mass is 10.4. The SMILES string of the molecule is CCn1c(CC(=O)O)nnc1N(C)C. The molecule has 1 N–H and O–H groups in total. The maximum Gasteiger partial charge on any atom is 0.311 e. The van der Waals surface area contributed by atoms with E-state index in [0.29, 0.717) is 18.3 Å². The second kappa shape index (κ2) is 4.08. The van der Waals surface area contributed by atoms with Crippen LogP contribution in [-0.4, -0.2) is 39.9 Å². The zero-order valence-corrected chi connectivity index (χ0v) is 8.56. The van der Waals surface area contributed by atoms with E-state index in [2.05, 4.69) is 10.2 Å². The minimum absolute atomic E-state index is 0.0886. The van der Waals surface area contributed by atoms with Crippen LogP contribution in [0.4, 0.5) is 5.95 Å². The van der Waals surface area contributed by atoms with Gasteiger partial charge in [0.1, 0.15) is 12.2 Å².